The van der Waals surface area contributed by atoms with Crippen molar-refractivity contribution in [3.05, 3.63) is 71.3 Å². The van der Waals surface area contributed by atoms with Crippen LogP contribution >= 0.6 is 11.6 Å². The third-order valence-corrected chi connectivity index (χ3v) is 3.13. The van der Waals surface area contributed by atoms with E-state index in [0.717, 1.165) is 11.3 Å². The van der Waals surface area contributed by atoms with Crippen LogP contribution in [0.2, 0.25) is 5.02 Å². The van der Waals surface area contributed by atoms with Crippen LogP contribution in [0.5, 0.6) is 0 Å². The molecule has 2 rings (SSSR count). The SMILES string of the molecule is CN(C(=O)C=Cc1ccccc1Cl)c1ccccc1. The lowest BCUT2D eigenvalue weighted by Crippen LogP contribution is -2.23. The summed E-state index contributed by atoms with van der Waals surface area (Å²) in [4.78, 5) is 13.6. The zero-order chi connectivity index (χ0) is 13.7. The fourth-order valence-corrected chi connectivity index (χ4v) is 1.86. The van der Waals surface area contributed by atoms with Gasteiger partial charge in [-0.05, 0) is 29.8 Å². The molecule has 0 N–H and O–H groups in total. The topological polar surface area (TPSA) is 20.3 Å². The van der Waals surface area contributed by atoms with Crippen molar-refractivity contribution in [1.29, 1.82) is 0 Å². The summed E-state index contributed by atoms with van der Waals surface area (Å²) in [6, 6.07) is 16.9. The van der Waals surface area contributed by atoms with Crippen LogP contribution < -0.4 is 4.90 Å². The number of nitrogens with zero attached hydrogens (tertiary/aromatic N) is 1. The maximum Gasteiger partial charge on any atom is 0.250 e. The van der Waals surface area contributed by atoms with E-state index in [1.807, 2.05) is 48.5 Å². The van der Waals surface area contributed by atoms with E-state index in [1.54, 1.807) is 24.1 Å². The minimum Gasteiger partial charge on any atom is -0.312 e. The van der Waals surface area contributed by atoms with Crippen molar-refractivity contribution in [2.45, 2.75) is 0 Å². The molecule has 0 aliphatic heterocycles. The molecule has 0 unspecified atom stereocenters. The Labute approximate surface area is 117 Å². The summed E-state index contributed by atoms with van der Waals surface area (Å²) >= 11 is 6.03. The van der Waals surface area contributed by atoms with Crippen molar-refractivity contribution in [3.8, 4) is 0 Å². The van der Waals surface area contributed by atoms with Crippen LogP contribution in [-0.2, 0) is 4.79 Å². The Morgan fingerprint density at radius 3 is 2.37 bits per heavy atom. The summed E-state index contributed by atoms with van der Waals surface area (Å²) in [7, 11) is 1.74. The molecule has 0 saturated heterocycles. The molecule has 96 valence electrons. The Hall–Kier alpha value is -2.06. The van der Waals surface area contributed by atoms with E-state index < -0.39 is 0 Å². The molecule has 0 radical (unpaired) electrons. The number of hydrogen-bond acceptors (Lipinski definition) is 1. The lowest BCUT2D eigenvalue weighted by molar-refractivity contribution is -0.113. The number of carbonyl (C=O) groups is 1. The van der Waals surface area contributed by atoms with Crippen LogP contribution in [-0.4, -0.2) is 13.0 Å². The highest BCUT2D eigenvalue weighted by Gasteiger charge is 2.06. The molecule has 0 atom stereocenters. The van der Waals surface area contributed by atoms with Crippen molar-refractivity contribution in [2.24, 2.45) is 0 Å². The summed E-state index contributed by atoms with van der Waals surface area (Å²) in [6.07, 6.45) is 3.25. The van der Waals surface area contributed by atoms with Gasteiger partial charge in [0.05, 0.1) is 0 Å². The third-order valence-electron chi connectivity index (χ3n) is 2.78. The molecular weight excluding hydrogens is 258 g/mol. The Balaban J connectivity index is 2.12. The Morgan fingerprint density at radius 1 is 1.05 bits per heavy atom. The summed E-state index contributed by atoms with van der Waals surface area (Å²) in [5, 5.41) is 0.633. The van der Waals surface area contributed by atoms with Gasteiger partial charge >= 0.3 is 0 Å². The van der Waals surface area contributed by atoms with Crippen molar-refractivity contribution in [3.63, 3.8) is 0 Å². The zero-order valence-electron chi connectivity index (χ0n) is 10.6. The molecule has 0 heterocycles. The number of benzene rings is 2. The van der Waals surface area contributed by atoms with Gasteiger partial charge in [-0.15, -0.1) is 0 Å². The number of halogens is 1. The largest absolute Gasteiger partial charge is 0.312 e. The van der Waals surface area contributed by atoms with Gasteiger partial charge in [-0.2, -0.15) is 0 Å². The van der Waals surface area contributed by atoms with Crippen molar-refractivity contribution < 1.29 is 4.79 Å². The first-order valence-corrected chi connectivity index (χ1v) is 6.31. The quantitative estimate of drug-likeness (QED) is 0.772. The molecule has 0 saturated carbocycles. The van der Waals surface area contributed by atoms with Crippen LogP contribution in [0.1, 0.15) is 5.56 Å². The molecule has 0 bridgehead atoms. The first-order chi connectivity index (χ1) is 9.18. The highest BCUT2D eigenvalue weighted by atomic mass is 35.5. The predicted octanol–water partition coefficient (Wildman–Crippen LogP) is 4.02. The first kappa shape index (κ1) is 13.4. The molecule has 3 heteroatoms. The maximum absolute atomic E-state index is 12.0. The maximum atomic E-state index is 12.0. The predicted molar refractivity (Wildman–Crippen MR) is 80.3 cm³/mol. The number of anilines is 1. The van der Waals surface area contributed by atoms with E-state index in [0.29, 0.717) is 5.02 Å². The number of rotatable bonds is 3. The van der Waals surface area contributed by atoms with Gasteiger partial charge in [0.1, 0.15) is 0 Å². The number of hydrogen-bond donors (Lipinski definition) is 0. The van der Waals surface area contributed by atoms with E-state index in [4.69, 9.17) is 11.6 Å². The lowest BCUT2D eigenvalue weighted by atomic mass is 10.2. The van der Waals surface area contributed by atoms with Crippen LogP contribution in [0, 0.1) is 0 Å². The molecule has 2 aromatic carbocycles. The van der Waals surface area contributed by atoms with Gasteiger partial charge in [0.25, 0.3) is 5.91 Å². The summed E-state index contributed by atoms with van der Waals surface area (Å²) in [5.41, 5.74) is 1.69. The molecule has 0 fully saturated rings. The van der Waals surface area contributed by atoms with Gasteiger partial charge < -0.3 is 4.90 Å². The van der Waals surface area contributed by atoms with E-state index in [-0.39, 0.29) is 5.91 Å². The third kappa shape index (κ3) is 3.46. The van der Waals surface area contributed by atoms with Gasteiger partial charge in [0.2, 0.25) is 0 Å². The second kappa shape index (κ2) is 6.21. The van der Waals surface area contributed by atoms with Crippen molar-refractivity contribution in [2.75, 3.05) is 11.9 Å². The number of amides is 1. The summed E-state index contributed by atoms with van der Waals surface area (Å²) < 4.78 is 0. The van der Waals surface area contributed by atoms with E-state index in [1.165, 1.54) is 6.08 Å². The minimum atomic E-state index is -0.0916. The van der Waals surface area contributed by atoms with E-state index in [9.17, 15) is 4.79 Å². The molecule has 19 heavy (non-hydrogen) atoms. The summed E-state index contributed by atoms with van der Waals surface area (Å²) in [5.74, 6) is -0.0916. The van der Waals surface area contributed by atoms with E-state index in [2.05, 4.69) is 0 Å². The van der Waals surface area contributed by atoms with Crippen LogP contribution in [0.4, 0.5) is 5.69 Å². The average molecular weight is 272 g/mol. The number of likely N-dealkylation sites (N-methyl/N-ethyl adjacent to an activating group) is 1. The zero-order valence-corrected chi connectivity index (χ0v) is 11.3. The normalized spacial score (nSPS) is 10.6. The Bertz CT molecular complexity index is 593. The second-order valence-electron chi connectivity index (χ2n) is 4.09. The van der Waals surface area contributed by atoms with Gasteiger partial charge in [-0.1, -0.05) is 48.0 Å². The molecule has 0 aliphatic carbocycles. The molecule has 0 aliphatic rings. The number of carbonyl (C=O) groups excluding carboxylic acids is 1. The van der Waals surface area contributed by atoms with Crippen LogP contribution in [0.15, 0.2) is 60.7 Å². The standard InChI is InChI=1S/C16H14ClNO/c1-18(14-8-3-2-4-9-14)16(19)12-11-13-7-5-6-10-15(13)17/h2-12H,1H3. The molecule has 1 amide bonds. The molecule has 0 spiro atoms. The van der Waals surface area contributed by atoms with Crippen molar-refractivity contribution in [1.82, 2.24) is 0 Å². The van der Waals surface area contributed by atoms with Gasteiger partial charge in [-0.25, -0.2) is 0 Å². The van der Waals surface area contributed by atoms with Gasteiger partial charge in [0, 0.05) is 23.8 Å². The highest BCUT2D eigenvalue weighted by molar-refractivity contribution is 6.32. The van der Waals surface area contributed by atoms with Crippen LogP contribution in [0.3, 0.4) is 0 Å². The van der Waals surface area contributed by atoms with Gasteiger partial charge in [0.15, 0.2) is 0 Å². The van der Waals surface area contributed by atoms with E-state index >= 15 is 0 Å². The second-order valence-corrected chi connectivity index (χ2v) is 4.49. The lowest BCUT2D eigenvalue weighted by Gasteiger charge is -2.14. The fraction of sp³-hybridized carbons (Fsp3) is 0.0625. The molecule has 2 nitrogen and oxygen atoms in total. The minimum absolute atomic E-state index is 0.0916. The first-order valence-electron chi connectivity index (χ1n) is 5.94. The number of para-hydroxylation sites is 1. The molecule has 2 aromatic rings. The highest BCUT2D eigenvalue weighted by Crippen LogP contribution is 2.17. The van der Waals surface area contributed by atoms with Crippen LogP contribution in [0.25, 0.3) is 6.08 Å². The Morgan fingerprint density at radius 2 is 1.68 bits per heavy atom. The fourth-order valence-electron chi connectivity index (χ4n) is 1.66. The molecular formula is C16H14ClNO. The monoisotopic (exact) mass is 271 g/mol. The smallest absolute Gasteiger partial charge is 0.250 e. The average Bonchev–Trinajstić information content (AvgIpc) is 2.46. The van der Waals surface area contributed by atoms with Gasteiger partial charge in [-0.3, -0.25) is 4.79 Å². The summed E-state index contributed by atoms with van der Waals surface area (Å²) in [6.45, 7) is 0. The van der Waals surface area contributed by atoms with Crippen molar-refractivity contribution >= 4 is 29.3 Å². The molecule has 0 aromatic heterocycles. The Kier molecular flexibility index (Phi) is 4.37.